The molecule has 0 fully saturated rings. The number of fused-ring (bicyclic) bond motifs is 1. The van der Waals surface area contributed by atoms with Crippen LogP contribution in [0.5, 0.6) is 0 Å². The van der Waals surface area contributed by atoms with Gasteiger partial charge in [-0.05, 0) is 24.6 Å². The van der Waals surface area contributed by atoms with Crippen molar-refractivity contribution in [2.45, 2.75) is 13.3 Å². The second kappa shape index (κ2) is 5.72. The summed E-state index contributed by atoms with van der Waals surface area (Å²) in [5, 5.41) is 8.16. The van der Waals surface area contributed by atoms with Crippen molar-refractivity contribution in [1.29, 1.82) is 0 Å². The van der Waals surface area contributed by atoms with Crippen LogP contribution in [0.15, 0.2) is 65.7 Å². The maximum absolute atomic E-state index is 4.96. The zero-order chi connectivity index (χ0) is 15.6. The molecule has 4 nitrogen and oxygen atoms in total. The number of aromatic nitrogens is 2. The highest BCUT2D eigenvalue weighted by Gasteiger charge is 2.19. The molecule has 1 aliphatic heterocycles. The number of hydrogen-bond donors (Lipinski definition) is 1. The Morgan fingerprint density at radius 3 is 2.39 bits per heavy atom. The molecule has 1 N–H and O–H groups in total. The van der Waals surface area contributed by atoms with E-state index in [1.165, 1.54) is 5.56 Å². The zero-order valence-electron chi connectivity index (χ0n) is 13.0. The van der Waals surface area contributed by atoms with E-state index in [0.717, 1.165) is 41.6 Å². The van der Waals surface area contributed by atoms with E-state index in [1.807, 2.05) is 35.9 Å². The quantitative estimate of drug-likeness (QED) is 0.774. The van der Waals surface area contributed by atoms with Gasteiger partial charge in [0.2, 0.25) is 0 Å². The van der Waals surface area contributed by atoms with Gasteiger partial charge in [0.1, 0.15) is 5.69 Å². The summed E-state index contributed by atoms with van der Waals surface area (Å²) in [5.74, 6) is 0.880. The molecule has 114 valence electrons. The molecule has 4 heteroatoms. The Kier molecular flexibility index (Phi) is 3.42. The third-order valence-electron chi connectivity index (χ3n) is 4.05. The highest BCUT2D eigenvalue weighted by atomic mass is 15.3. The molecular weight excluding hydrogens is 284 g/mol. The van der Waals surface area contributed by atoms with Crippen molar-refractivity contribution < 1.29 is 0 Å². The minimum Gasteiger partial charge on any atom is -0.380 e. The van der Waals surface area contributed by atoms with E-state index in [4.69, 9.17) is 4.99 Å². The molecule has 0 unspecified atom stereocenters. The fourth-order valence-corrected chi connectivity index (χ4v) is 2.90. The van der Waals surface area contributed by atoms with E-state index < -0.39 is 0 Å². The Morgan fingerprint density at radius 1 is 0.957 bits per heavy atom. The van der Waals surface area contributed by atoms with E-state index >= 15 is 0 Å². The lowest BCUT2D eigenvalue weighted by Crippen LogP contribution is -2.07. The molecule has 1 aromatic heterocycles. The highest BCUT2D eigenvalue weighted by molar-refractivity contribution is 6.03. The van der Waals surface area contributed by atoms with Crippen LogP contribution in [0.25, 0.3) is 5.69 Å². The monoisotopic (exact) mass is 302 g/mol. The van der Waals surface area contributed by atoms with Gasteiger partial charge in [-0.1, -0.05) is 48.5 Å². The molecule has 0 aliphatic carbocycles. The normalized spacial score (nSPS) is 13.7. The van der Waals surface area contributed by atoms with E-state index in [-0.39, 0.29) is 0 Å². The average Bonchev–Trinajstić information content (AvgIpc) is 2.79. The second-order valence-corrected chi connectivity index (χ2v) is 5.63. The van der Waals surface area contributed by atoms with E-state index in [2.05, 4.69) is 46.8 Å². The number of anilines is 1. The van der Waals surface area contributed by atoms with E-state index in [1.54, 1.807) is 0 Å². The first kappa shape index (κ1) is 13.8. The van der Waals surface area contributed by atoms with Gasteiger partial charge in [0.05, 0.1) is 17.1 Å². The van der Waals surface area contributed by atoms with Crippen molar-refractivity contribution in [1.82, 2.24) is 9.78 Å². The summed E-state index contributed by atoms with van der Waals surface area (Å²) in [7, 11) is 0. The van der Waals surface area contributed by atoms with Crippen LogP contribution in [0.2, 0.25) is 0 Å². The molecule has 0 spiro atoms. The van der Waals surface area contributed by atoms with Gasteiger partial charge in [-0.3, -0.25) is 0 Å². The number of hydrogen-bond acceptors (Lipinski definition) is 3. The lowest BCUT2D eigenvalue weighted by molar-refractivity contribution is 0.862. The van der Waals surface area contributed by atoms with E-state index in [9.17, 15) is 0 Å². The minimum absolute atomic E-state index is 0.863. The molecule has 0 amide bonds. The SMILES string of the molecule is Cc1nn(-c2ccccc2)c2c1NCCC(c1ccccc1)=N2. The summed E-state index contributed by atoms with van der Waals surface area (Å²) in [6.45, 7) is 2.89. The fourth-order valence-electron chi connectivity index (χ4n) is 2.90. The summed E-state index contributed by atoms with van der Waals surface area (Å²) in [6.07, 6.45) is 0.896. The summed E-state index contributed by atoms with van der Waals surface area (Å²) < 4.78 is 1.92. The van der Waals surface area contributed by atoms with Crippen molar-refractivity contribution in [2.24, 2.45) is 4.99 Å². The number of para-hydroxylation sites is 1. The van der Waals surface area contributed by atoms with Gasteiger partial charge in [0.15, 0.2) is 5.82 Å². The first-order valence-corrected chi connectivity index (χ1v) is 7.85. The van der Waals surface area contributed by atoms with Crippen LogP contribution >= 0.6 is 0 Å². The second-order valence-electron chi connectivity index (χ2n) is 5.63. The van der Waals surface area contributed by atoms with Gasteiger partial charge in [0, 0.05) is 13.0 Å². The first-order valence-electron chi connectivity index (χ1n) is 7.85. The molecule has 23 heavy (non-hydrogen) atoms. The van der Waals surface area contributed by atoms with Crippen LogP contribution in [0.4, 0.5) is 11.5 Å². The van der Waals surface area contributed by atoms with E-state index in [0.29, 0.717) is 0 Å². The molecule has 0 radical (unpaired) electrons. The largest absolute Gasteiger partial charge is 0.380 e. The predicted molar refractivity (Wildman–Crippen MR) is 94.0 cm³/mol. The Bertz CT molecular complexity index is 848. The van der Waals surface area contributed by atoms with Gasteiger partial charge >= 0.3 is 0 Å². The molecule has 0 saturated carbocycles. The maximum Gasteiger partial charge on any atom is 0.179 e. The van der Waals surface area contributed by atoms with Gasteiger partial charge in [0.25, 0.3) is 0 Å². The molecule has 0 bridgehead atoms. The van der Waals surface area contributed by atoms with Crippen molar-refractivity contribution in [3.8, 4) is 5.69 Å². The molecule has 4 rings (SSSR count). The highest BCUT2D eigenvalue weighted by Crippen LogP contribution is 2.33. The minimum atomic E-state index is 0.863. The standard InChI is InChI=1S/C19H18N4/c1-14-18-19(23(22-14)16-10-6-3-7-11-16)21-17(12-13-20-18)15-8-4-2-5-9-15/h2-11,20H,12-13H2,1H3. The molecule has 0 atom stereocenters. The predicted octanol–water partition coefficient (Wildman–Crippen LogP) is 4.12. The molecule has 3 aromatic rings. The molecular formula is C19H18N4. The Labute approximate surface area is 135 Å². The van der Waals surface area contributed by atoms with Crippen LogP contribution in [0.1, 0.15) is 17.7 Å². The van der Waals surface area contributed by atoms with Gasteiger partial charge < -0.3 is 5.32 Å². The molecule has 2 heterocycles. The Morgan fingerprint density at radius 2 is 1.65 bits per heavy atom. The van der Waals surface area contributed by atoms with Crippen molar-refractivity contribution in [2.75, 3.05) is 11.9 Å². The average molecular weight is 302 g/mol. The van der Waals surface area contributed by atoms with Gasteiger partial charge in [-0.15, -0.1) is 0 Å². The van der Waals surface area contributed by atoms with Crippen LogP contribution in [-0.2, 0) is 0 Å². The van der Waals surface area contributed by atoms with Crippen LogP contribution in [-0.4, -0.2) is 22.0 Å². The number of aliphatic imine (C=N–C) groups is 1. The Hall–Kier alpha value is -2.88. The Balaban J connectivity index is 1.88. The lowest BCUT2D eigenvalue weighted by Gasteiger charge is -2.06. The van der Waals surface area contributed by atoms with Crippen molar-refractivity contribution >= 4 is 17.2 Å². The zero-order valence-corrected chi connectivity index (χ0v) is 13.0. The maximum atomic E-state index is 4.96. The third kappa shape index (κ3) is 2.52. The molecule has 1 aliphatic rings. The number of nitrogens with one attached hydrogen (secondary N) is 1. The number of aryl methyl sites for hydroxylation is 1. The fraction of sp³-hybridized carbons (Fsp3) is 0.158. The van der Waals surface area contributed by atoms with Crippen LogP contribution in [0, 0.1) is 6.92 Å². The summed E-state index contributed by atoms with van der Waals surface area (Å²) in [5.41, 5.74) is 5.29. The van der Waals surface area contributed by atoms with Gasteiger partial charge in [-0.25, -0.2) is 9.67 Å². The number of rotatable bonds is 2. The molecule has 2 aromatic carbocycles. The number of benzene rings is 2. The summed E-state index contributed by atoms with van der Waals surface area (Å²) >= 11 is 0. The smallest absolute Gasteiger partial charge is 0.179 e. The summed E-state index contributed by atoms with van der Waals surface area (Å²) in [4.78, 5) is 4.96. The van der Waals surface area contributed by atoms with Crippen LogP contribution in [0.3, 0.4) is 0 Å². The topological polar surface area (TPSA) is 42.2 Å². The van der Waals surface area contributed by atoms with Crippen LogP contribution < -0.4 is 5.32 Å². The molecule has 0 saturated heterocycles. The lowest BCUT2D eigenvalue weighted by atomic mass is 10.1. The van der Waals surface area contributed by atoms with Crippen molar-refractivity contribution in [3.63, 3.8) is 0 Å². The van der Waals surface area contributed by atoms with Gasteiger partial charge in [-0.2, -0.15) is 5.10 Å². The first-order chi connectivity index (χ1) is 11.3. The van der Waals surface area contributed by atoms with Crippen molar-refractivity contribution in [3.05, 3.63) is 71.9 Å². The number of nitrogens with zero attached hydrogens (tertiary/aromatic N) is 3. The summed E-state index contributed by atoms with van der Waals surface area (Å²) in [6, 6.07) is 20.5. The third-order valence-corrected chi connectivity index (χ3v) is 4.05.